The maximum atomic E-state index is 12.3. The Kier molecular flexibility index (Phi) is 4.97. The molecule has 8 heteroatoms. The van der Waals surface area contributed by atoms with Gasteiger partial charge < -0.3 is 14.5 Å². The summed E-state index contributed by atoms with van der Waals surface area (Å²) in [4.78, 5) is 49.2. The zero-order valence-electron chi connectivity index (χ0n) is 16.3. The minimum atomic E-state index is -1.01. The summed E-state index contributed by atoms with van der Waals surface area (Å²) < 4.78 is 10.4. The van der Waals surface area contributed by atoms with Crippen molar-refractivity contribution >= 4 is 28.9 Å². The Morgan fingerprint density at radius 1 is 1.18 bits per heavy atom. The molecule has 1 N–H and O–H groups in total. The van der Waals surface area contributed by atoms with Crippen LogP contribution in [-0.4, -0.2) is 34.9 Å². The number of aryl methyl sites for hydroxylation is 2. The number of carbonyl (C=O) groups is 3. The van der Waals surface area contributed by atoms with E-state index in [1.54, 1.807) is 19.9 Å². The number of benzene rings is 1. The quantitative estimate of drug-likeness (QED) is 0.480. The molecule has 28 heavy (non-hydrogen) atoms. The van der Waals surface area contributed by atoms with Gasteiger partial charge in [-0.25, -0.2) is 9.59 Å². The van der Waals surface area contributed by atoms with E-state index in [4.69, 9.17) is 9.15 Å². The van der Waals surface area contributed by atoms with E-state index >= 15 is 0 Å². The normalized spacial score (nSPS) is 19.2. The monoisotopic (exact) mass is 386 g/mol. The van der Waals surface area contributed by atoms with Crippen molar-refractivity contribution in [1.29, 1.82) is 0 Å². The van der Waals surface area contributed by atoms with E-state index < -0.39 is 35.6 Å². The minimum absolute atomic E-state index is 0.169. The summed E-state index contributed by atoms with van der Waals surface area (Å²) in [5.74, 6) is -1.21. The van der Waals surface area contributed by atoms with Gasteiger partial charge in [-0.15, -0.1) is 0 Å². The zero-order chi connectivity index (χ0) is 20.6. The highest BCUT2D eigenvalue weighted by Gasteiger charge is 2.47. The molecule has 1 fully saturated rings. The van der Waals surface area contributed by atoms with Gasteiger partial charge in [0.2, 0.25) is 0 Å². The van der Waals surface area contributed by atoms with Crippen molar-refractivity contribution in [2.24, 2.45) is 0 Å². The summed E-state index contributed by atoms with van der Waals surface area (Å²) in [5, 5.41) is 3.25. The van der Waals surface area contributed by atoms with Crippen LogP contribution in [0.1, 0.15) is 37.0 Å². The van der Waals surface area contributed by atoms with Crippen LogP contribution in [0.2, 0.25) is 0 Å². The topological polar surface area (TPSA) is 106 Å². The van der Waals surface area contributed by atoms with E-state index in [1.165, 1.54) is 6.07 Å². The van der Waals surface area contributed by atoms with Crippen LogP contribution in [0.5, 0.6) is 0 Å². The maximum Gasteiger partial charge on any atom is 0.336 e. The SMILES string of the molecule is CC[C@@]1(C)NC(=O)N(CC(=O)OCc2cc(=O)oc3cc(C)c(C)cc23)C1=O. The first-order valence-corrected chi connectivity index (χ1v) is 8.98. The molecule has 0 unspecified atom stereocenters. The second-order valence-corrected chi connectivity index (χ2v) is 7.19. The number of rotatable bonds is 5. The van der Waals surface area contributed by atoms with Gasteiger partial charge in [0.1, 0.15) is 24.3 Å². The third kappa shape index (κ3) is 3.49. The third-order valence-corrected chi connectivity index (χ3v) is 5.17. The molecule has 3 rings (SSSR count). The number of hydrogen-bond donors (Lipinski definition) is 1. The van der Waals surface area contributed by atoms with E-state index in [0.29, 0.717) is 23.0 Å². The molecule has 1 aliphatic rings. The van der Waals surface area contributed by atoms with E-state index in [2.05, 4.69) is 5.32 Å². The number of fused-ring (bicyclic) bond motifs is 1. The van der Waals surface area contributed by atoms with Gasteiger partial charge in [-0.2, -0.15) is 0 Å². The molecule has 1 saturated heterocycles. The Labute approximate surface area is 161 Å². The molecule has 0 bridgehead atoms. The predicted octanol–water partition coefficient (Wildman–Crippen LogP) is 2.17. The molecule has 0 radical (unpaired) electrons. The van der Waals surface area contributed by atoms with Crippen molar-refractivity contribution in [3.8, 4) is 0 Å². The zero-order valence-corrected chi connectivity index (χ0v) is 16.3. The first-order chi connectivity index (χ1) is 13.1. The highest BCUT2D eigenvalue weighted by molar-refractivity contribution is 6.08. The Morgan fingerprint density at radius 3 is 2.50 bits per heavy atom. The molecule has 2 aromatic rings. The highest BCUT2D eigenvalue weighted by Crippen LogP contribution is 2.23. The molecule has 8 nitrogen and oxygen atoms in total. The third-order valence-electron chi connectivity index (χ3n) is 5.17. The molecule has 0 spiro atoms. The van der Waals surface area contributed by atoms with Gasteiger partial charge in [-0.1, -0.05) is 6.92 Å². The lowest BCUT2D eigenvalue weighted by Crippen LogP contribution is -2.43. The fourth-order valence-corrected chi connectivity index (χ4v) is 3.07. The van der Waals surface area contributed by atoms with Gasteiger partial charge in [-0.05, 0) is 50.5 Å². The predicted molar refractivity (Wildman–Crippen MR) is 101 cm³/mol. The van der Waals surface area contributed by atoms with Crippen molar-refractivity contribution < 1.29 is 23.5 Å². The molecule has 1 aromatic heterocycles. The van der Waals surface area contributed by atoms with Crippen molar-refractivity contribution in [3.63, 3.8) is 0 Å². The van der Waals surface area contributed by atoms with Gasteiger partial charge in [0.15, 0.2) is 0 Å². The van der Waals surface area contributed by atoms with Gasteiger partial charge in [0.05, 0.1) is 0 Å². The van der Waals surface area contributed by atoms with Crippen LogP contribution in [0.25, 0.3) is 11.0 Å². The van der Waals surface area contributed by atoms with Crippen LogP contribution in [0.15, 0.2) is 27.4 Å². The van der Waals surface area contributed by atoms with Gasteiger partial charge >= 0.3 is 17.6 Å². The maximum absolute atomic E-state index is 12.3. The number of imide groups is 1. The summed E-state index contributed by atoms with van der Waals surface area (Å²) in [7, 11) is 0. The van der Waals surface area contributed by atoms with Crippen molar-refractivity contribution in [1.82, 2.24) is 10.2 Å². The number of hydrogen-bond acceptors (Lipinski definition) is 6. The number of ether oxygens (including phenoxy) is 1. The summed E-state index contributed by atoms with van der Waals surface area (Å²) in [6, 6.07) is 4.27. The molecule has 3 amide bonds. The number of urea groups is 1. The number of nitrogens with zero attached hydrogens (tertiary/aromatic N) is 1. The Morgan fingerprint density at radius 2 is 1.86 bits per heavy atom. The van der Waals surface area contributed by atoms with Crippen LogP contribution in [0.3, 0.4) is 0 Å². The van der Waals surface area contributed by atoms with Gasteiger partial charge in [-0.3, -0.25) is 14.5 Å². The second kappa shape index (κ2) is 7.10. The second-order valence-electron chi connectivity index (χ2n) is 7.19. The highest BCUT2D eigenvalue weighted by atomic mass is 16.5. The lowest BCUT2D eigenvalue weighted by atomic mass is 9.99. The number of amides is 3. The Hall–Kier alpha value is -3.16. The first-order valence-electron chi connectivity index (χ1n) is 8.98. The number of esters is 1. The lowest BCUT2D eigenvalue weighted by Gasteiger charge is -2.18. The fourth-order valence-electron chi connectivity index (χ4n) is 3.07. The first kappa shape index (κ1) is 19.6. The molecule has 2 heterocycles. The summed E-state index contributed by atoms with van der Waals surface area (Å²) in [5.41, 5.74) is 1.33. The molecule has 1 aromatic carbocycles. The Bertz CT molecular complexity index is 1040. The number of carbonyl (C=O) groups excluding carboxylic acids is 3. The summed E-state index contributed by atoms with van der Waals surface area (Å²) >= 11 is 0. The fraction of sp³-hybridized carbons (Fsp3) is 0.400. The van der Waals surface area contributed by atoms with Crippen molar-refractivity contribution in [2.45, 2.75) is 46.3 Å². The van der Waals surface area contributed by atoms with E-state index in [-0.39, 0.29) is 6.61 Å². The van der Waals surface area contributed by atoms with Gasteiger partial charge in [0, 0.05) is 17.0 Å². The standard InChI is InChI=1S/C20H22N2O6/c1-5-20(4)18(25)22(19(26)21-20)9-17(24)27-10-13-8-16(23)28-15-7-12(3)11(2)6-14(13)15/h6-8H,5,9-10H2,1-4H3,(H,21,26)/t20-/m1/s1. The van der Waals surface area contributed by atoms with E-state index in [0.717, 1.165) is 16.0 Å². The van der Waals surface area contributed by atoms with Crippen LogP contribution in [0, 0.1) is 13.8 Å². The average Bonchev–Trinajstić information content (AvgIpc) is 2.85. The van der Waals surface area contributed by atoms with E-state index in [1.807, 2.05) is 19.9 Å². The molecule has 0 aliphatic carbocycles. The molecule has 0 saturated carbocycles. The smallest absolute Gasteiger partial charge is 0.336 e. The van der Waals surface area contributed by atoms with Crippen molar-refractivity contribution in [3.05, 3.63) is 45.3 Å². The molecule has 148 valence electrons. The average molecular weight is 386 g/mol. The molecular weight excluding hydrogens is 364 g/mol. The Balaban J connectivity index is 1.75. The molecule has 1 atom stereocenters. The van der Waals surface area contributed by atoms with Crippen LogP contribution < -0.4 is 10.9 Å². The molecule has 1 aliphatic heterocycles. The van der Waals surface area contributed by atoms with Gasteiger partial charge in [0.25, 0.3) is 5.91 Å². The minimum Gasteiger partial charge on any atom is -0.459 e. The van der Waals surface area contributed by atoms with E-state index in [9.17, 15) is 19.2 Å². The number of nitrogens with one attached hydrogen (secondary N) is 1. The van der Waals surface area contributed by atoms with Crippen LogP contribution in [0.4, 0.5) is 4.79 Å². The molecular formula is C20H22N2O6. The lowest BCUT2D eigenvalue weighted by molar-refractivity contribution is -0.148. The van der Waals surface area contributed by atoms with Crippen LogP contribution >= 0.6 is 0 Å². The van der Waals surface area contributed by atoms with Crippen molar-refractivity contribution in [2.75, 3.05) is 6.54 Å². The summed E-state index contributed by atoms with van der Waals surface area (Å²) in [6.45, 7) is 6.56. The summed E-state index contributed by atoms with van der Waals surface area (Å²) in [6.07, 6.45) is 0.410. The largest absolute Gasteiger partial charge is 0.459 e. The van der Waals surface area contributed by atoms with Crippen LogP contribution in [-0.2, 0) is 20.9 Å².